The highest BCUT2D eigenvalue weighted by molar-refractivity contribution is 5.11. The van der Waals surface area contributed by atoms with E-state index in [1.807, 2.05) is 0 Å². The van der Waals surface area contributed by atoms with Gasteiger partial charge in [0.15, 0.2) is 0 Å². The Labute approximate surface area is 87.0 Å². The van der Waals surface area contributed by atoms with Crippen LogP contribution in [0, 0.1) is 10.8 Å². The molecular formula is C12H23N2+. The third kappa shape index (κ3) is 1.17. The first-order chi connectivity index (χ1) is 6.63. The lowest BCUT2D eigenvalue weighted by Gasteiger charge is -2.41. The van der Waals surface area contributed by atoms with Gasteiger partial charge in [0.2, 0.25) is 0 Å². The zero-order chi connectivity index (χ0) is 9.81. The zero-order valence-electron chi connectivity index (χ0n) is 9.55. The number of piperidine rings is 1. The first kappa shape index (κ1) is 9.17. The topological polar surface area (TPSA) is 19.9 Å². The highest BCUT2D eigenvalue weighted by Crippen LogP contribution is 2.68. The molecule has 0 aromatic rings. The molecule has 14 heavy (non-hydrogen) atoms. The van der Waals surface area contributed by atoms with Crippen LogP contribution in [0.4, 0.5) is 0 Å². The Morgan fingerprint density at radius 1 is 1.14 bits per heavy atom. The highest BCUT2D eigenvalue weighted by Gasteiger charge is 2.61. The van der Waals surface area contributed by atoms with Crippen molar-refractivity contribution in [2.24, 2.45) is 10.8 Å². The van der Waals surface area contributed by atoms with Crippen LogP contribution in [0.1, 0.15) is 33.1 Å². The van der Waals surface area contributed by atoms with Gasteiger partial charge in [-0.25, -0.2) is 0 Å². The number of nitrogens with zero attached hydrogens (tertiary/aromatic N) is 1. The molecule has 0 unspecified atom stereocenters. The monoisotopic (exact) mass is 195 g/mol. The molecule has 0 aromatic carbocycles. The predicted octanol–water partition coefficient (Wildman–Crippen LogP) is 0.444. The molecule has 80 valence electrons. The summed E-state index contributed by atoms with van der Waals surface area (Å²) in [5.74, 6) is 0. The van der Waals surface area contributed by atoms with Crippen LogP contribution in [0.15, 0.2) is 0 Å². The molecule has 2 nitrogen and oxygen atoms in total. The molecule has 2 aliphatic heterocycles. The molecule has 2 heteroatoms. The van der Waals surface area contributed by atoms with Gasteiger partial charge in [-0.3, -0.25) is 4.90 Å². The van der Waals surface area contributed by atoms with Gasteiger partial charge in [-0.15, -0.1) is 0 Å². The van der Waals surface area contributed by atoms with Crippen LogP contribution in [0.5, 0.6) is 0 Å². The van der Waals surface area contributed by atoms with Crippen LogP contribution in [-0.2, 0) is 0 Å². The van der Waals surface area contributed by atoms with Crippen molar-refractivity contribution in [2.45, 2.75) is 39.2 Å². The minimum absolute atomic E-state index is 0.671. The summed E-state index contributed by atoms with van der Waals surface area (Å²) in [4.78, 5) is 2.74. The Morgan fingerprint density at radius 2 is 1.71 bits per heavy atom. The number of likely N-dealkylation sites (tertiary alicyclic amines) is 1. The number of quaternary nitrogens is 1. The average Bonchev–Trinajstić information content (AvgIpc) is 2.55. The molecule has 2 heterocycles. The highest BCUT2D eigenvalue weighted by atomic mass is 15.2. The molecule has 3 aliphatic rings. The lowest BCUT2D eigenvalue weighted by molar-refractivity contribution is -0.717. The van der Waals surface area contributed by atoms with Gasteiger partial charge < -0.3 is 5.32 Å². The molecule has 1 saturated carbocycles. The van der Waals surface area contributed by atoms with Gasteiger partial charge in [0.25, 0.3) is 0 Å². The first-order valence-corrected chi connectivity index (χ1v) is 6.19. The normalized spacial score (nSPS) is 35.6. The fraction of sp³-hybridized carbons (Fsp3) is 1.00. The molecular weight excluding hydrogens is 172 g/mol. The van der Waals surface area contributed by atoms with E-state index in [0.29, 0.717) is 5.41 Å². The number of nitrogens with two attached hydrogens (primary N) is 1. The van der Waals surface area contributed by atoms with E-state index in [9.17, 15) is 0 Å². The van der Waals surface area contributed by atoms with E-state index in [-0.39, 0.29) is 0 Å². The van der Waals surface area contributed by atoms with Crippen LogP contribution in [-0.4, -0.2) is 37.1 Å². The first-order valence-electron chi connectivity index (χ1n) is 6.19. The third-order valence-corrected chi connectivity index (χ3v) is 5.24. The molecule has 0 radical (unpaired) electrons. The predicted molar refractivity (Wildman–Crippen MR) is 57.1 cm³/mol. The SMILES string of the molecule is CC1(C)CC12CCN(C1C[NH2+]C1)CC2. The van der Waals surface area contributed by atoms with E-state index in [2.05, 4.69) is 24.1 Å². The summed E-state index contributed by atoms with van der Waals surface area (Å²) in [6.07, 6.45) is 4.43. The molecule has 3 fully saturated rings. The van der Waals surface area contributed by atoms with E-state index in [4.69, 9.17) is 0 Å². The summed E-state index contributed by atoms with van der Waals surface area (Å²) in [5, 5.41) is 2.43. The van der Waals surface area contributed by atoms with Crippen LogP contribution in [0.25, 0.3) is 0 Å². The molecule has 2 N–H and O–H groups in total. The zero-order valence-corrected chi connectivity index (χ0v) is 9.55. The lowest BCUT2D eigenvalue weighted by atomic mass is 9.85. The van der Waals surface area contributed by atoms with Crippen molar-refractivity contribution < 1.29 is 5.32 Å². The second kappa shape index (κ2) is 2.73. The van der Waals surface area contributed by atoms with Gasteiger partial charge in [-0.1, -0.05) is 13.8 Å². The summed E-state index contributed by atoms with van der Waals surface area (Å²) in [7, 11) is 0. The maximum Gasteiger partial charge on any atom is 0.108 e. The summed E-state index contributed by atoms with van der Waals surface area (Å²) in [6, 6.07) is 0.925. The largest absolute Gasteiger partial charge is 0.343 e. The molecule has 0 atom stereocenters. The van der Waals surface area contributed by atoms with Crippen molar-refractivity contribution in [2.75, 3.05) is 26.2 Å². The van der Waals surface area contributed by atoms with Crippen molar-refractivity contribution in [3.63, 3.8) is 0 Å². The van der Waals surface area contributed by atoms with E-state index >= 15 is 0 Å². The number of hydrogen-bond acceptors (Lipinski definition) is 1. The maximum absolute atomic E-state index is 2.74. The van der Waals surface area contributed by atoms with E-state index in [0.717, 1.165) is 11.5 Å². The van der Waals surface area contributed by atoms with Crippen molar-refractivity contribution in [1.29, 1.82) is 0 Å². The van der Waals surface area contributed by atoms with Gasteiger partial charge in [0.05, 0.1) is 13.1 Å². The maximum atomic E-state index is 2.74. The Bertz CT molecular complexity index is 235. The van der Waals surface area contributed by atoms with Gasteiger partial charge in [-0.05, 0) is 43.2 Å². The quantitative estimate of drug-likeness (QED) is 0.644. The Morgan fingerprint density at radius 3 is 2.07 bits per heavy atom. The van der Waals surface area contributed by atoms with Crippen LogP contribution < -0.4 is 5.32 Å². The molecule has 0 amide bonds. The molecule has 2 saturated heterocycles. The van der Waals surface area contributed by atoms with Crippen molar-refractivity contribution in [3.05, 3.63) is 0 Å². The number of hydrogen-bond donors (Lipinski definition) is 1. The van der Waals surface area contributed by atoms with E-state index < -0.39 is 0 Å². The summed E-state index contributed by atoms with van der Waals surface area (Å²) < 4.78 is 0. The minimum Gasteiger partial charge on any atom is -0.343 e. The van der Waals surface area contributed by atoms with Crippen molar-refractivity contribution in [1.82, 2.24) is 4.90 Å². The Balaban J connectivity index is 1.58. The lowest BCUT2D eigenvalue weighted by Crippen LogP contribution is -3.00. The van der Waals surface area contributed by atoms with Crippen LogP contribution in [0.3, 0.4) is 0 Å². The van der Waals surface area contributed by atoms with Gasteiger partial charge in [-0.2, -0.15) is 0 Å². The van der Waals surface area contributed by atoms with E-state index in [1.54, 1.807) is 0 Å². The minimum atomic E-state index is 0.671. The average molecular weight is 195 g/mol. The van der Waals surface area contributed by atoms with Crippen molar-refractivity contribution in [3.8, 4) is 0 Å². The number of rotatable bonds is 1. The summed E-state index contributed by atoms with van der Waals surface area (Å²) >= 11 is 0. The van der Waals surface area contributed by atoms with E-state index in [1.165, 1.54) is 45.4 Å². The van der Waals surface area contributed by atoms with Gasteiger partial charge in [0, 0.05) is 0 Å². The fourth-order valence-electron chi connectivity index (χ4n) is 3.59. The Hall–Kier alpha value is -0.0800. The molecule has 1 spiro atoms. The molecule has 0 bridgehead atoms. The van der Waals surface area contributed by atoms with Gasteiger partial charge >= 0.3 is 0 Å². The smallest absolute Gasteiger partial charge is 0.108 e. The molecule has 3 rings (SSSR count). The molecule has 1 aliphatic carbocycles. The summed E-state index contributed by atoms with van der Waals surface area (Å²) in [6.45, 7) is 10.4. The third-order valence-electron chi connectivity index (χ3n) is 5.24. The fourth-order valence-corrected chi connectivity index (χ4v) is 3.59. The van der Waals surface area contributed by atoms with Gasteiger partial charge in [0.1, 0.15) is 6.04 Å². The summed E-state index contributed by atoms with van der Waals surface area (Å²) in [5.41, 5.74) is 1.43. The second-order valence-corrected chi connectivity index (χ2v) is 6.29. The molecule has 0 aromatic heterocycles. The Kier molecular flexibility index (Phi) is 1.79. The second-order valence-electron chi connectivity index (χ2n) is 6.29. The van der Waals surface area contributed by atoms with Crippen LogP contribution in [0.2, 0.25) is 0 Å². The van der Waals surface area contributed by atoms with Crippen molar-refractivity contribution >= 4 is 0 Å². The standard InChI is InChI=1S/C12H22N2/c1-11(2)9-12(11)3-5-14(6-4-12)10-7-13-8-10/h10,13H,3-9H2,1-2H3/p+1. The van der Waals surface area contributed by atoms with Crippen LogP contribution >= 0.6 is 0 Å².